The molecular formula is C21H26N2S. The molecule has 2 saturated heterocycles. The van der Waals surface area contributed by atoms with E-state index in [4.69, 9.17) is 0 Å². The summed E-state index contributed by atoms with van der Waals surface area (Å²) in [5, 5.41) is 0. The van der Waals surface area contributed by atoms with Gasteiger partial charge >= 0.3 is 0 Å². The van der Waals surface area contributed by atoms with Crippen molar-refractivity contribution in [2.75, 3.05) is 17.5 Å². The van der Waals surface area contributed by atoms with Crippen molar-refractivity contribution in [3.63, 3.8) is 0 Å². The van der Waals surface area contributed by atoms with Crippen LogP contribution in [0.2, 0.25) is 0 Å². The number of hydrogen-bond donors (Lipinski definition) is 1. The Morgan fingerprint density at radius 2 is 1.83 bits per heavy atom. The average molecular weight is 339 g/mol. The summed E-state index contributed by atoms with van der Waals surface area (Å²) in [5.74, 6) is 0. The fourth-order valence-corrected chi connectivity index (χ4v) is 4.76. The smallest absolute Gasteiger partial charge is 0.0446 e. The van der Waals surface area contributed by atoms with E-state index in [2.05, 4.69) is 64.4 Å². The highest BCUT2D eigenvalue weighted by Gasteiger charge is 2.35. The molecule has 0 aliphatic carbocycles. The highest BCUT2D eigenvalue weighted by atomic mass is 32.2. The van der Waals surface area contributed by atoms with Gasteiger partial charge in [-0.05, 0) is 61.1 Å². The lowest BCUT2D eigenvalue weighted by Gasteiger charge is -2.34. The zero-order valence-electron chi connectivity index (χ0n) is 14.4. The molecule has 2 aliphatic rings. The second-order valence-electron chi connectivity index (χ2n) is 6.99. The van der Waals surface area contributed by atoms with Crippen LogP contribution in [0.5, 0.6) is 0 Å². The molecule has 2 unspecified atom stereocenters. The Morgan fingerprint density at radius 1 is 0.958 bits per heavy atom. The molecule has 2 aromatic rings. The third-order valence-corrected chi connectivity index (χ3v) is 6.00. The summed E-state index contributed by atoms with van der Waals surface area (Å²) >= 11 is 1.63. The van der Waals surface area contributed by atoms with Crippen LogP contribution in [0.1, 0.15) is 43.7 Å². The molecule has 24 heavy (non-hydrogen) atoms. The maximum absolute atomic E-state index is 3.31. The standard InChI is InChI=1S/C21H26N2S/c1-24-22-19-6-4-5-18(15-19)16-8-10-17(11-9-16)21-13-12-20-7-2-3-14-23(20)21/h4-6,8-11,15,20-22H,2-3,7,12-14H2,1H3. The largest absolute Gasteiger partial charge is 0.330 e. The molecule has 0 radical (unpaired) electrons. The quantitative estimate of drug-likeness (QED) is 0.716. The molecule has 0 bridgehead atoms. The molecule has 2 heterocycles. The number of piperidine rings is 1. The minimum atomic E-state index is 0.647. The highest BCUT2D eigenvalue weighted by molar-refractivity contribution is 7.99. The molecule has 0 aromatic heterocycles. The van der Waals surface area contributed by atoms with E-state index in [0.717, 1.165) is 11.7 Å². The second kappa shape index (κ2) is 7.20. The Kier molecular flexibility index (Phi) is 4.81. The molecule has 2 nitrogen and oxygen atoms in total. The van der Waals surface area contributed by atoms with Gasteiger partial charge in [-0.15, -0.1) is 0 Å². The molecule has 1 N–H and O–H groups in total. The molecular weight excluding hydrogens is 312 g/mol. The van der Waals surface area contributed by atoms with Gasteiger partial charge in [-0.25, -0.2) is 0 Å². The molecule has 0 spiro atoms. The predicted molar refractivity (Wildman–Crippen MR) is 105 cm³/mol. The van der Waals surface area contributed by atoms with Crippen molar-refractivity contribution in [2.24, 2.45) is 0 Å². The summed E-state index contributed by atoms with van der Waals surface area (Å²) in [5.41, 5.74) is 5.25. The van der Waals surface area contributed by atoms with E-state index in [1.807, 2.05) is 0 Å². The molecule has 0 saturated carbocycles. The number of hydrogen-bond acceptors (Lipinski definition) is 3. The minimum Gasteiger partial charge on any atom is -0.330 e. The number of anilines is 1. The normalized spacial score (nSPS) is 23.9. The monoisotopic (exact) mass is 338 g/mol. The summed E-state index contributed by atoms with van der Waals surface area (Å²) in [6.45, 7) is 1.29. The van der Waals surface area contributed by atoms with E-state index in [1.54, 1.807) is 11.9 Å². The van der Waals surface area contributed by atoms with Crippen molar-refractivity contribution in [3.8, 4) is 11.1 Å². The summed E-state index contributed by atoms with van der Waals surface area (Å²) in [6, 6.07) is 19.4. The first-order chi connectivity index (χ1) is 11.8. The number of nitrogens with one attached hydrogen (secondary N) is 1. The van der Waals surface area contributed by atoms with Gasteiger partial charge in [-0.3, -0.25) is 4.90 Å². The summed E-state index contributed by atoms with van der Waals surface area (Å²) in [7, 11) is 0. The van der Waals surface area contributed by atoms with Crippen molar-refractivity contribution in [1.29, 1.82) is 0 Å². The van der Waals surface area contributed by atoms with Crippen LogP contribution in [0.4, 0.5) is 5.69 Å². The zero-order chi connectivity index (χ0) is 16.4. The molecule has 0 amide bonds. The van der Waals surface area contributed by atoms with Crippen LogP contribution in [-0.2, 0) is 0 Å². The van der Waals surface area contributed by atoms with E-state index in [1.165, 1.54) is 55.3 Å². The Labute approximate surface area is 149 Å². The van der Waals surface area contributed by atoms with Gasteiger partial charge in [0, 0.05) is 24.0 Å². The van der Waals surface area contributed by atoms with E-state index >= 15 is 0 Å². The number of benzene rings is 2. The van der Waals surface area contributed by atoms with Gasteiger partial charge in [0.15, 0.2) is 0 Å². The van der Waals surface area contributed by atoms with E-state index in [9.17, 15) is 0 Å². The maximum atomic E-state index is 3.31. The van der Waals surface area contributed by atoms with Crippen molar-refractivity contribution >= 4 is 17.6 Å². The van der Waals surface area contributed by atoms with Gasteiger partial charge in [0.05, 0.1) is 0 Å². The average Bonchev–Trinajstić information content (AvgIpc) is 3.07. The predicted octanol–water partition coefficient (Wildman–Crippen LogP) is 5.73. The van der Waals surface area contributed by atoms with E-state index < -0.39 is 0 Å². The second-order valence-corrected chi connectivity index (χ2v) is 7.60. The molecule has 126 valence electrons. The van der Waals surface area contributed by atoms with Crippen LogP contribution in [-0.4, -0.2) is 23.7 Å². The summed E-state index contributed by atoms with van der Waals surface area (Å²) < 4.78 is 3.31. The fourth-order valence-electron chi connectivity index (χ4n) is 4.40. The van der Waals surface area contributed by atoms with E-state index in [-0.39, 0.29) is 0 Å². The Bertz CT molecular complexity index is 682. The Hall–Kier alpha value is -1.45. The van der Waals surface area contributed by atoms with Gasteiger partial charge in [-0.2, -0.15) is 0 Å². The van der Waals surface area contributed by atoms with Crippen molar-refractivity contribution in [1.82, 2.24) is 4.90 Å². The Morgan fingerprint density at radius 3 is 2.67 bits per heavy atom. The van der Waals surface area contributed by atoms with Gasteiger partial charge < -0.3 is 4.72 Å². The summed E-state index contributed by atoms with van der Waals surface area (Å²) in [4.78, 5) is 2.77. The molecule has 2 aliphatic heterocycles. The van der Waals surface area contributed by atoms with Crippen LogP contribution >= 0.6 is 11.9 Å². The summed E-state index contributed by atoms with van der Waals surface area (Å²) in [6.07, 6.45) is 8.97. The van der Waals surface area contributed by atoms with Crippen LogP contribution in [0, 0.1) is 0 Å². The van der Waals surface area contributed by atoms with Crippen LogP contribution < -0.4 is 4.72 Å². The van der Waals surface area contributed by atoms with E-state index in [0.29, 0.717) is 6.04 Å². The molecule has 2 fully saturated rings. The lowest BCUT2D eigenvalue weighted by atomic mass is 9.99. The van der Waals surface area contributed by atoms with Gasteiger partial charge in [0.1, 0.15) is 0 Å². The SMILES string of the molecule is CSNc1cccc(-c2ccc(C3CCC4CCCCN43)cc2)c1. The lowest BCUT2D eigenvalue weighted by Crippen LogP contribution is -2.35. The number of fused-ring (bicyclic) bond motifs is 1. The van der Waals surface area contributed by atoms with Crippen molar-refractivity contribution in [3.05, 3.63) is 54.1 Å². The molecule has 2 aromatic carbocycles. The lowest BCUT2D eigenvalue weighted by molar-refractivity contribution is 0.150. The topological polar surface area (TPSA) is 15.3 Å². The molecule has 3 heteroatoms. The third kappa shape index (κ3) is 3.20. The first-order valence-electron chi connectivity index (χ1n) is 9.10. The van der Waals surface area contributed by atoms with Gasteiger partial charge in [0.2, 0.25) is 0 Å². The Balaban J connectivity index is 1.53. The van der Waals surface area contributed by atoms with Gasteiger partial charge in [0.25, 0.3) is 0 Å². The fraction of sp³-hybridized carbons (Fsp3) is 0.429. The highest BCUT2D eigenvalue weighted by Crippen LogP contribution is 2.40. The van der Waals surface area contributed by atoms with Crippen LogP contribution in [0.3, 0.4) is 0 Å². The first-order valence-corrected chi connectivity index (χ1v) is 10.3. The van der Waals surface area contributed by atoms with Crippen LogP contribution in [0.25, 0.3) is 11.1 Å². The molecule has 2 atom stereocenters. The van der Waals surface area contributed by atoms with Crippen molar-refractivity contribution in [2.45, 2.75) is 44.2 Å². The van der Waals surface area contributed by atoms with Gasteiger partial charge in [-0.1, -0.05) is 54.8 Å². The minimum absolute atomic E-state index is 0.647. The number of nitrogens with zero attached hydrogens (tertiary/aromatic N) is 1. The number of rotatable bonds is 4. The maximum Gasteiger partial charge on any atom is 0.0446 e. The third-order valence-electron chi connectivity index (χ3n) is 5.56. The van der Waals surface area contributed by atoms with Crippen molar-refractivity contribution < 1.29 is 0 Å². The first kappa shape index (κ1) is 16.0. The van der Waals surface area contributed by atoms with Crippen LogP contribution in [0.15, 0.2) is 48.5 Å². The molecule has 4 rings (SSSR count). The zero-order valence-corrected chi connectivity index (χ0v) is 15.2.